The van der Waals surface area contributed by atoms with Crippen LogP contribution in [-0.4, -0.2) is 50.2 Å². The number of benzene rings is 1. The minimum absolute atomic E-state index is 0.0883. The standard InChI is InChI=1S/C20H26N2O6/c1-4-20(5-2,19(25)26-3)21-18(24)13-10-17(23)22(12-13)14-6-7-15-16(11-14)28-9-8-27-15/h6-7,11,13H,4-5,8-10,12H2,1-3H3,(H,21,24)/t13-/m0/s1. The number of fused-ring (bicyclic) bond motifs is 1. The quantitative estimate of drug-likeness (QED) is 0.743. The molecule has 1 fully saturated rings. The summed E-state index contributed by atoms with van der Waals surface area (Å²) in [6, 6.07) is 5.30. The number of esters is 1. The first kappa shape index (κ1) is 20.0. The number of hydrogen-bond donors (Lipinski definition) is 1. The Balaban J connectivity index is 1.73. The third-order valence-corrected chi connectivity index (χ3v) is 5.48. The van der Waals surface area contributed by atoms with Gasteiger partial charge in [-0.2, -0.15) is 0 Å². The molecular weight excluding hydrogens is 364 g/mol. The van der Waals surface area contributed by atoms with E-state index in [0.29, 0.717) is 43.2 Å². The van der Waals surface area contributed by atoms with Crippen LogP contribution in [0.15, 0.2) is 18.2 Å². The second-order valence-electron chi connectivity index (χ2n) is 7.00. The number of nitrogens with zero attached hydrogens (tertiary/aromatic N) is 1. The van der Waals surface area contributed by atoms with E-state index in [1.165, 1.54) is 7.11 Å². The lowest BCUT2D eigenvalue weighted by Crippen LogP contribution is -2.56. The number of hydrogen-bond acceptors (Lipinski definition) is 6. The van der Waals surface area contributed by atoms with Gasteiger partial charge in [-0.3, -0.25) is 9.59 Å². The summed E-state index contributed by atoms with van der Waals surface area (Å²) in [6.45, 7) is 4.84. The van der Waals surface area contributed by atoms with E-state index < -0.39 is 17.4 Å². The molecule has 1 aromatic carbocycles. The van der Waals surface area contributed by atoms with Gasteiger partial charge in [-0.25, -0.2) is 4.79 Å². The van der Waals surface area contributed by atoms with Gasteiger partial charge >= 0.3 is 5.97 Å². The van der Waals surface area contributed by atoms with Crippen LogP contribution in [0.4, 0.5) is 5.69 Å². The second kappa shape index (κ2) is 8.08. The summed E-state index contributed by atoms with van der Waals surface area (Å²) < 4.78 is 15.9. The first-order chi connectivity index (χ1) is 13.4. The Morgan fingerprint density at radius 2 is 1.89 bits per heavy atom. The molecule has 2 heterocycles. The Kier molecular flexibility index (Phi) is 5.76. The summed E-state index contributed by atoms with van der Waals surface area (Å²) in [4.78, 5) is 39.1. The van der Waals surface area contributed by atoms with Crippen molar-refractivity contribution in [2.24, 2.45) is 5.92 Å². The Morgan fingerprint density at radius 1 is 1.21 bits per heavy atom. The molecule has 0 unspecified atom stereocenters. The minimum Gasteiger partial charge on any atom is -0.486 e. The predicted octanol–water partition coefficient (Wildman–Crippen LogP) is 1.66. The Labute approximate surface area is 164 Å². The molecule has 1 aromatic rings. The highest BCUT2D eigenvalue weighted by molar-refractivity contribution is 6.01. The fourth-order valence-corrected chi connectivity index (χ4v) is 3.63. The zero-order chi connectivity index (χ0) is 20.3. The normalized spacial score (nSPS) is 18.8. The van der Waals surface area contributed by atoms with Crippen molar-refractivity contribution in [3.05, 3.63) is 18.2 Å². The Bertz CT molecular complexity index is 774. The van der Waals surface area contributed by atoms with Crippen molar-refractivity contribution in [2.75, 3.05) is 31.8 Å². The maximum atomic E-state index is 12.8. The molecule has 2 aliphatic rings. The molecule has 2 aliphatic heterocycles. The van der Waals surface area contributed by atoms with Crippen molar-refractivity contribution in [1.82, 2.24) is 5.32 Å². The number of amides is 2. The lowest BCUT2D eigenvalue weighted by atomic mass is 9.91. The molecule has 1 saturated heterocycles. The zero-order valence-corrected chi connectivity index (χ0v) is 16.4. The Morgan fingerprint density at radius 3 is 2.54 bits per heavy atom. The maximum absolute atomic E-state index is 12.8. The third kappa shape index (κ3) is 3.63. The molecule has 0 aromatic heterocycles. The third-order valence-electron chi connectivity index (χ3n) is 5.48. The molecule has 28 heavy (non-hydrogen) atoms. The molecule has 0 spiro atoms. The van der Waals surface area contributed by atoms with Crippen molar-refractivity contribution in [1.29, 1.82) is 0 Å². The monoisotopic (exact) mass is 390 g/mol. The molecule has 0 saturated carbocycles. The van der Waals surface area contributed by atoms with Crippen molar-refractivity contribution in [3.8, 4) is 11.5 Å². The number of rotatable bonds is 6. The number of carbonyl (C=O) groups is 3. The molecule has 1 atom stereocenters. The molecule has 1 N–H and O–H groups in total. The number of ether oxygens (including phenoxy) is 3. The number of nitrogens with one attached hydrogen (secondary N) is 1. The van der Waals surface area contributed by atoms with Crippen LogP contribution < -0.4 is 19.7 Å². The van der Waals surface area contributed by atoms with Gasteiger partial charge in [-0.05, 0) is 25.0 Å². The van der Waals surface area contributed by atoms with Gasteiger partial charge in [0.05, 0.1) is 13.0 Å². The first-order valence-electron chi connectivity index (χ1n) is 9.54. The summed E-state index contributed by atoms with van der Waals surface area (Å²) in [5, 5.41) is 2.83. The van der Waals surface area contributed by atoms with Gasteiger partial charge in [-0.1, -0.05) is 13.8 Å². The molecule has 0 radical (unpaired) electrons. The van der Waals surface area contributed by atoms with Crippen LogP contribution in [0.1, 0.15) is 33.1 Å². The first-order valence-corrected chi connectivity index (χ1v) is 9.54. The molecule has 3 rings (SSSR count). The van der Waals surface area contributed by atoms with Gasteiger partial charge in [0.2, 0.25) is 11.8 Å². The van der Waals surface area contributed by atoms with Crippen molar-refractivity contribution < 1.29 is 28.6 Å². The van der Waals surface area contributed by atoms with E-state index in [0.717, 1.165) is 0 Å². The average Bonchev–Trinajstić information content (AvgIpc) is 3.12. The highest BCUT2D eigenvalue weighted by Gasteiger charge is 2.42. The van der Waals surface area contributed by atoms with E-state index in [4.69, 9.17) is 14.2 Å². The molecule has 8 nitrogen and oxygen atoms in total. The highest BCUT2D eigenvalue weighted by atomic mass is 16.6. The number of methoxy groups -OCH3 is 1. The van der Waals surface area contributed by atoms with Crippen LogP contribution in [0.3, 0.4) is 0 Å². The van der Waals surface area contributed by atoms with Gasteiger partial charge in [0, 0.05) is 24.7 Å². The second-order valence-corrected chi connectivity index (χ2v) is 7.00. The van der Waals surface area contributed by atoms with Gasteiger partial charge in [-0.15, -0.1) is 0 Å². The van der Waals surface area contributed by atoms with Crippen LogP contribution in [0.2, 0.25) is 0 Å². The zero-order valence-electron chi connectivity index (χ0n) is 16.4. The summed E-state index contributed by atoms with van der Waals surface area (Å²) in [6.07, 6.45) is 0.911. The number of carbonyl (C=O) groups excluding carboxylic acids is 3. The largest absolute Gasteiger partial charge is 0.486 e. The molecular formula is C20H26N2O6. The Hall–Kier alpha value is -2.77. The summed E-state index contributed by atoms with van der Waals surface area (Å²) in [7, 11) is 1.30. The van der Waals surface area contributed by atoms with Crippen LogP contribution in [0.25, 0.3) is 0 Å². The lowest BCUT2D eigenvalue weighted by molar-refractivity contribution is -0.152. The molecule has 152 valence electrons. The van der Waals surface area contributed by atoms with E-state index in [9.17, 15) is 14.4 Å². The average molecular weight is 390 g/mol. The van der Waals surface area contributed by atoms with Crippen LogP contribution >= 0.6 is 0 Å². The van der Waals surface area contributed by atoms with E-state index in [1.54, 1.807) is 23.1 Å². The smallest absolute Gasteiger partial charge is 0.331 e. The molecule has 0 bridgehead atoms. The summed E-state index contributed by atoms with van der Waals surface area (Å²) in [5.41, 5.74) is -0.408. The maximum Gasteiger partial charge on any atom is 0.331 e. The summed E-state index contributed by atoms with van der Waals surface area (Å²) >= 11 is 0. The predicted molar refractivity (Wildman–Crippen MR) is 101 cm³/mol. The molecule has 2 amide bonds. The fourth-order valence-electron chi connectivity index (χ4n) is 3.63. The van der Waals surface area contributed by atoms with Gasteiger partial charge in [0.1, 0.15) is 18.8 Å². The van der Waals surface area contributed by atoms with Crippen molar-refractivity contribution >= 4 is 23.5 Å². The van der Waals surface area contributed by atoms with E-state index in [-0.39, 0.29) is 24.8 Å². The van der Waals surface area contributed by atoms with E-state index >= 15 is 0 Å². The molecule has 8 heteroatoms. The van der Waals surface area contributed by atoms with Gasteiger partial charge in [0.15, 0.2) is 11.5 Å². The lowest BCUT2D eigenvalue weighted by Gasteiger charge is -2.30. The summed E-state index contributed by atoms with van der Waals surface area (Å²) in [5.74, 6) is -0.242. The van der Waals surface area contributed by atoms with Gasteiger partial charge in [0.25, 0.3) is 0 Å². The topological polar surface area (TPSA) is 94.2 Å². The highest BCUT2D eigenvalue weighted by Crippen LogP contribution is 2.36. The van der Waals surface area contributed by atoms with Crippen molar-refractivity contribution in [2.45, 2.75) is 38.6 Å². The van der Waals surface area contributed by atoms with E-state index in [2.05, 4.69) is 5.32 Å². The van der Waals surface area contributed by atoms with Crippen LogP contribution in [-0.2, 0) is 19.1 Å². The fraction of sp³-hybridized carbons (Fsp3) is 0.550. The van der Waals surface area contributed by atoms with Crippen LogP contribution in [0.5, 0.6) is 11.5 Å². The van der Waals surface area contributed by atoms with E-state index in [1.807, 2.05) is 13.8 Å². The molecule has 0 aliphatic carbocycles. The van der Waals surface area contributed by atoms with Crippen molar-refractivity contribution in [3.63, 3.8) is 0 Å². The minimum atomic E-state index is -1.07. The van der Waals surface area contributed by atoms with Crippen LogP contribution in [0, 0.1) is 5.92 Å². The van der Waals surface area contributed by atoms with Gasteiger partial charge < -0.3 is 24.4 Å². The number of anilines is 1. The SMILES string of the molecule is CCC(CC)(NC(=O)[C@H]1CC(=O)N(c2ccc3c(c2)OCCO3)C1)C(=O)OC.